The first-order chi connectivity index (χ1) is 21.8. The Bertz CT molecular complexity index is 2210. The second kappa shape index (κ2) is 11.1. The molecule has 0 aliphatic rings. The van der Waals surface area contributed by atoms with E-state index in [9.17, 15) is 0 Å². The van der Waals surface area contributed by atoms with Crippen molar-refractivity contribution in [3.63, 3.8) is 0 Å². The smallest absolute Gasteiger partial charge is 0.160 e. The maximum absolute atomic E-state index is 5.05. The van der Waals surface area contributed by atoms with E-state index in [-0.39, 0.29) is 0 Å². The van der Waals surface area contributed by atoms with Crippen LogP contribution in [0.3, 0.4) is 0 Å². The second-order valence-electron chi connectivity index (χ2n) is 11.0. The third-order valence-electron chi connectivity index (χ3n) is 8.26. The third-order valence-corrected chi connectivity index (χ3v) is 8.26. The molecule has 44 heavy (non-hydrogen) atoms. The maximum atomic E-state index is 5.05. The van der Waals surface area contributed by atoms with E-state index >= 15 is 0 Å². The first-order valence-corrected chi connectivity index (χ1v) is 14.9. The van der Waals surface area contributed by atoms with Crippen molar-refractivity contribution in [2.75, 3.05) is 0 Å². The lowest BCUT2D eigenvalue weighted by Crippen LogP contribution is -1.96. The highest BCUT2D eigenvalue weighted by atomic mass is 14.9. The van der Waals surface area contributed by atoms with E-state index in [1.807, 2.05) is 36.4 Å². The quantitative estimate of drug-likeness (QED) is 0.196. The molecule has 0 unspecified atom stereocenters. The van der Waals surface area contributed by atoms with Crippen LogP contribution in [0.2, 0.25) is 0 Å². The molecule has 0 saturated heterocycles. The number of rotatable bonds is 5. The monoisotopic (exact) mass is 560 g/mol. The van der Waals surface area contributed by atoms with Crippen LogP contribution in [-0.4, -0.2) is 9.97 Å². The average Bonchev–Trinajstić information content (AvgIpc) is 3.12. The number of fused-ring (bicyclic) bond motifs is 3. The normalized spacial score (nSPS) is 11.2. The van der Waals surface area contributed by atoms with Gasteiger partial charge in [0.15, 0.2) is 5.82 Å². The van der Waals surface area contributed by atoms with Crippen LogP contribution in [0.5, 0.6) is 0 Å². The third kappa shape index (κ3) is 4.83. The number of nitrogens with zero attached hydrogens (tertiary/aromatic N) is 2. The van der Waals surface area contributed by atoms with E-state index in [4.69, 9.17) is 9.97 Å². The molecule has 8 aromatic rings. The highest BCUT2D eigenvalue weighted by Gasteiger charge is 2.13. The molecule has 0 spiro atoms. The van der Waals surface area contributed by atoms with Gasteiger partial charge < -0.3 is 0 Å². The summed E-state index contributed by atoms with van der Waals surface area (Å²) in [4.78, 5) is 10.0. The van der Waals surface area contributed by atoms with Crippen molar-refractivity contribution in [1.29, 1.82) is 0 Å². The van der Waals surface area contributed by atoms with Gasteiger partial charge in [0.2, 0.25) is 0 Å². The van der Waals surface area contributed by atoms with Crippen LogP contribution in [-0.2, 0) is 0 Å². The molecule has 1 aromatic heterocycles. The summed E-state index contributed by atoms with van der Waals surface area (Å²) in [5, 5.41) is 5.08. The van der Waals surface area contributed by atoms with Crippen molar-refractivity contribution in [1.82, 2.24) is 9.97 Å². The van der Waals surface area contributed by atoms with Crippen LogP contribution in [0.25, 0.3) is 77.7 Å². The van der Waals surface area contributed by atoms with Gasteiger partial charge in [-0.2, -0.15) is 0 Å². The SMILES string of the molecule is c1ccc(-c2cc(-c3cccc(-c4cccc(-c5cc6ccccc6c6ccccc56)c4)c3)nc(-c3ccccc3)n2)cc1. The predicted molar refractivity (Wildman–Crippen MR) is 184 cm³/mol. The Morgan fingerprint density at radius 1 is 0.295 bits per heavy atom. The standard InChI is InChI=1S/C42H28N2/c1-3-13-29(14-4-1)40-28-41(44-42(43-40)30-15-5-2-6-16-30)35-21-12-19-32(26-35)31-18-11-20-33(25-31)39-27-34-17-7-8-22-36(34)37-23-9-10-24-38(37)39/h1-28H. The molecular weight excluding hydrogens is 532 g/mol. The van der Waals surface area contributed by atoms with Crippen molar-refractivity contribution in [3.05, 3.63) is 170 Å². The Morgan fingerprint density at radius 2 is 0.795 bits per heavy atom. The maximum Gasteiger partial charge on any atom is 0.160 e. The second-order valence-corrected chi connectivity index (χ2v) is 11.0. The average molecular weight is 561 g/mol. The molecule has 2 heteroatoms. The molecule has 0 fully saturated rings. The zero-order chi connectivity index (χ0) is 29.3. The van der Waals surface area contributed by atoms with Crippen molar-refractivity contribution in [2.45, 2.75) is 0 Å². The van der Waals surface area contributed by atoms with Gasteiger partial charge in [0.25, 0.3) is 0 Å². The number of benzene rings is 7. The minimum absolute atomic E-state index is 0.720. The summed E-state index contributed by atoms with van der Waals surface area (Å²) in [6.45, 7) is 0. The summed E-state index contributed by atoms with van der Waals surface area (Å²) >= 11 is 0. The number of hydrogen-bond donors (Lipinski definition) is 0. The van der Waals surface area contributed by atoms with E-state index in [2.05, 4.69) is 133 Å². The zero-order valence-electron chi connectivity index (χ0n) is 24.1. The van der Waals surface area contributed by atoms with Gasteiger partial charge in [-0.3, -0.25) is 0 Å². The highest BCUT2D eigenvalue weighted by molar-refractivity contribution is 6.13. The molecule has 206 valence electrons. The van der Waals surface area contributed by atoms with Crippen LogP contribution >= 0.6 is 0 Å². The zero-order valence-corrected chi connectivity index (χ0v) is 24.1. The highest BCUT2D eigenvalue weighted by Crippen LogP contribution is 2.37. The van der Waals surface area contributed by atoms with E-state index in [1.165, 1.54) is 38.2 Å². The fourth-order valence-corrected chi connectivity index (χ4v) is 6.09. The Kier molecular flexibility index (Phi) is 6.51. The minimum Gasteiger partial charge on any atom is -0.228 e. The van der Waals surface area contributed by atoms with Gasteiger partial charge in [-0.15, -0.1) is 0 Å². The lowest BCUT2D eigenvalue weighted by molar-refractivity contribution is 1.18. The molecule has 8 rings (SSSR count). The number of hydrogen-bond acceptors (Lipinski definition) is 2. The summed E-state index contributed by atoms with van der Waals surface area (Å²) in [5.41, 5.74) is 9.69. The van der Waals surface area contributed by atoms with Crippen LogP contribution in [0, 0.1) is 0 Å². The van der Waals surface area contributed by atoms with Gasteiger partial charge in [-0.25, -0.2) is 9.97 Å². The van der Waals surface area contributed by atoms with Crippen molar-refractivity contribution < 1.29 is 0 Å². The van der Waals surface area contributed by atoms with Crippen molar-refractivity contribution >= 4 is 21.5 Å². The number of aromatic nitrogens is 2. The van der Waals surface area contributed by atoms with Gasteiger partial charge >= 0.3 is 0 Å². The summed E-state index contributed by atoms with van der Waals surface area (Å²) in [6, 6.07) is 59.8. The van der Waals surface area contributed by atoms with E-state index in [0.717, 1.165) is 39.5 Å². The fourth-order valence-electron chi connectivity index (χ4n) is 6.09. The van der Waals surface area contributed by atoms with Crippen LogP contribution in [0.4, 0.5) is 0 Å². The molecule has 0 amide bonds. The molecule has 0 aliphatic heterocycles. The summed E-state index contributed by atoms with van der Waals surface area (Å²) in [5.74, 6) is 0.720. The molecule has 0 aliphatic carbocycles. The van der Waals surface area contributed by atoms with Crippen LogP contribution < -0.4 is 0 Å². The van der Waals surface area contributed by atoms with Gasteiger partial charge in [0.05, 0.1) is 11.4 Å². The first-order valence-electron chi connectivity index (χ1n) is 14.9. The Hall–Kier alpha value is -5.86. The topological polar surface area (TPSA) is 25.8 Å². The van der Waals surface area contributed by atoms with E-state index < -0.39 is 0 Å². The Morgan fingerprint density at radius 3 is 1.52 bits per heavy atom. The minimum atomic E-state index is 0.720. The summed E-state index contributed by atoms with van der Waals surface area (Å²) in [6.07, 6.45) is 0. The molecule has 0 radical (unpaired) electrons. The molecule has 7 aromatic carbocycles. The lowest BCUT2D eigenvalue weighted by Gasteiger charge is -2.13. The molecular formula is C42H28N2. The van der Waals surface area contributed by atoms with E-state index in [1.54, 1.807) is 0 Å². The first kappa shape index (κ1) is 25.8. The van der Waals surface area contributed by atoms with Gasteiger partial charge in [0, 0.05) is 16.7 Å². The van der Waals surface area contributed by atoms with Crippen LogP contribution in [0.1, 0.15) is 0 Å². The van der Waals surface area contributed by atoms with Crippen LogP contribution in [0.15, 0.2) is 170 Å². The Labute approximate surface area is 257 Å². The predicted octanol–water partition coefficient (Wildman–Crippen LogP) is 11.1. The molecule has 0 saturated carbocycles. The van der Waals surface area contributed by atoms with E-state index in [0.29, 0.717) is 0 Å². The van der Waals surface area contributed by atoms with Gasteiger partial charge in [0.1, 0.15) is 0 Å². The largest absolute Gasteiger partial charge is 0.228 e. The van der Waals surface area contributed by atoms with Gasteiger partial charge in [-0.05, 0) is 68.1 Å². The molecule has 0 atom stereocenters. The lowest BCUT2D eigenvalue weighted by atomic mass is 9.91. The molecule has 0 bridgehead atoms. The van der Waals surface area contributed by atoms with Crippen molar-refractivity contribution in [2.24, 2.45) is 0 Å². The summed E-state index contributed by atoms with van der Waals surface area (Å²) < 4.78 is 0. The molecule has 2 nitrogen and oxygen atoms in total. The van der Waals surface area contributed by atoms with Crippen molar-refractivity contribution in [3.8, 4) is 56.2 Å². The summed E-state index contributed by atoms with van der Waals surface area (Å²) in [7, 11) is 0. The fraction of sp³-hybridized carbons (Fsp3) is 0. The van der Waals surface area contributed by atoms with Gasteiger partial charge in [-0.1, -0.05) is 146 Å². The molecule has 1 heterocycles. The Balaban J connectivity index is 1.24. The molecule has 0 N–H and O–H groups in total.